The average molecular weight is 349 g/mol. The van der Waals surface area contributed by atoms with Crippen LogP contribution in [0.4, 0.5) is 5.69 Å². The highest BCUT2D eigenvalue weighted by Gasteiger charge is 2.12. The zero-order valence-electron chi connectivity index (χ0n) is 13.1. The fourth-order valence-electron chi connectivity index (χ4n) is 2.08. The summed E-state index contributed by atoms with van der Waals surface area (Å²) in [7, 11) is 0. The maximum Gasteiger partial charge on any atom is 0.271 e. The van der Waals surface area contributed by atoms with Gasteiger partial charge in [-0.15, -0.1) is 0 Å². The Balaban J connectivity index is 1.82. The largest absolute Gasteiger partial charge is 0.482 e. The summed E-state index contributed by atoms with van der Waals surface area (Å²) in [6.07, 6.45) is 0. The van der Waals surface area contributed by atoms with Gasteiger partial charge in [0.2, 0.25) is 0 Å². The lowest BCUT2D eigenvalue weighted by molar-refractivity contribution is -0.384. The van der Waals surface area contributed by atoms with Crippen molar-refractivity contribution >= 4 is 23.2 Å². The molecule has 0 saturated carbocycles. The predicted octanol–water partition coefficient (Wildman–Crippen LogP) is 3.55. The summed E-state index contributed by atoms with van der Waals surface area (Å²) in [6.45, 7) is 2.29. The quantitative estimate of drug-likeness (QED) is 0.612. The minimum absolute atomic E-state index is 0.0923. The highest BCUT2D eigenvalue weighted by Crippen LogP contribution is 2.28. The van der Waals surface area contributed by atoms with E-state index < -0.39 is 4.92 Å². The van der Waals surface area contributed by atoms with Crippen molar-refractivity contribution in [3.8, 4) is 5.75 Å². The second-order valence-corrected chi connectivity index (χ2v) is 5.68. The third kappa shape index (κ3) is 4.96. The summed E-state index contributed by atoms with van der Waals surface area (Å²) in [5, 5.41) is 13.5. The van der Waals surface area contributed by atoms with Gasteiger partial charge in [0.1, 0.15) is 5.75 Å². The lowest BCUT2D eigenvalue weighted by atomic mass is 10.0. The highest BCUT2D eigenvalue weighted by molar-refractivity contribution is 6.32. The van der Waals surface area contributed by atoms with Gasteiger partial charge in [0, 0.05) is 18.7 Å². The first-order valence-corrected chi connectivity index (χ1v) is 7.73. The number of hydrogen-bond acceptors (Lipinski definition) is 4. The van der Waals surface area contributed by atoms with Crippen LogP contribution in [0.25, 0.3) is 0 Å². The number of rotatable bonds is 7. The Bertz CT molecular complexity index is 722. The number of carbonyl (C=O) groups is 1. The van der Waals surface area contributed by atoms with Crippen molar-refractivity contribution in [3.63, 3.8) is 0 Å². The Morgan fingerprint density at radius 1 is 1.29 bits per heavy atom. The van der Waals surface area contributed by atoms with Crippen molar-refractivity contribution in [3.05, 3.63) is 69.2 Å². The summed E-state index contributed by atoms with van der Waals surface area (Å²) in [6, 6.07) is 13.7. The molecule has 0 bridgehead atoms. The van der Waals surface area contributed by atoms with E-state index in [9.17, 15) is 14.9 Å². The Morgan fingerprint density at radius 3 is 2.62 bits per heavy atom. The molecule has 7 heteroatoms. The van der Waals surface area contributed by atoms with Crippen LogP contribution >= 0.6 is 11.6 Å². The van der Waals surface area contributed by atoms with E-state index in [1.165, 1.54) is 18.2 Å². The first-order chi connectivity index (χ1) is 11.5. The molecule has 0 aliphatic heterocycles. The molecule has 2 aromatic rings. The monoisotopic (exact) mass is 348 g/mol. The van der Waals surface area contributed by atoms with Gasteiger partial charge in [-0.3, -0.25) is 14.9 Å². The fraction of sp³-hybridized carbons (Fsp3) is 0.235. The molecule has 24 heavy (non-hydrogen) atoms. The molecule has 1 N–H and O–H groups in total. The van der Waals surface area contributed by atoms with E-state index in [0.29, 0.717) is 6.54 Å². The number of benzene rings is 2. The van der Waals surface area contributed by atoms with Gasteiger partial charge < -0.3 is 10.1 Å². The molecule has 0 spiro atoms. The SMILES string of the molecule is CC(CNC(=O)COc1ccc([N+](=O)[O-])cc1Cl)c1ccccc1. The van der Waals surface area contributed by atoms with Crippen LogP contribution in [0.1, 0.15) is 18.4 Å². The molecule has 126 valence electrons. The van der Waals surface area contributed by atoms with Crippen LogP contribution < -0.4 is 10.1 Å². The second-order valence-electron chi connectivity index (χ2n) is 5.28. The van der Waals surface area contributed by atoms with Crippen molar-refractivity contribution in [2.24, 2.45) is 0 Å². The topological polar surface area (TPSA) is 81.5 Å². The van der Waals surface area contributed by atoms with Gasteiger partial charge in [0.15, 0.2) is 6.61 Å². The molecule has 2 aromatic carbocycles. The van der Waals surface area contributed by atoms with E-state index in [4.69, 9.17) is 16.3 Å². The third-order valence-electron chi connectivity index (χ3n) is 3.46. The van der Waals surface area contributed by atoms with Crippen LogP contribution in [0.2, 0.25) is 5.02 Å². The maximum absolute atomic E-state index is 11.9. The second kappa shape index (κ2) is 8.31. The number of ether oxygens (including phenoxy) is 1. The lowest BCUT2D eigenvalue weighted by Gasteiger charge is -2.13. The number of carbonyl (C=O) groups excluding carboxylic acids is 1. The number of nitro groups is 1. The Kier molecular flexibility index (Phi) is 6.14. The van der Waals surface area contributed by atoms with Crippen molar-refractivity contribution in [2.75, 3.05) is 13.2 Å². The van der Waals surface area contributed by atoms with E-state index in [1.807, 2.05) is 37.3 Å². The molecule has 1 unspecified atom stereocenters. The van der Waals surface area contributed by atoms with E-state index in [-0.39, 0.29) is 34.9 Å². The van der Waals surface area contributed by atoms with Gasteiger partial charge in [-0.2, -0.15) is 0 Å². The summed E-state index contributed by atoms with van der Waals surface area (Å²) >= 11 is 5.90. The molecule has 0 radical (unpaired) electrons. The van der Waals surface area contributed by atoms with E-state index in [0.717, 1.165) is 5.56 Å². The number of halogens is 1. The summed E-state index contributed by atoms with van der Waals surface area (Å²) in [5.41, 5.74) is 1.01. The van der Waals surface area contributed by atoms with Crippen LogP contribution in [0.15, 0.2) is 48.5 Å². The molecule has 0 heterocycles. The van der Waals surface area contributed by atoms with Crippen molar-refractivity contribution in [1.82, 2.24) is 5.32 Å². The minimum Gasteiger partial charge on any atom is -0.482 e. The van der Waals surface area contributed by atoms with Crippen LogP contribution in [-0.2, 0) is 4.79 Å². The smallest absolute Gasteiger partial charge is 0.271 e. The number of amides is 1. The Labute approximate surface area is 144 Å². The summed E-state index contributed by atoms with van der Waals surface area (Å²) in [4.78, 5) is 21.9. The van der Waals surface area contributed by atoms with Gasteiger partial charge in [-0.05, 0) is 17.5 Å². The van der Waals surface area contributed by atoms with Crippen LogP contribution in [0.3, 0.4) is 0 Å². The van der Waals surface area contributed by atoms with E-state index >= 15 is 0 Å². The molecule has 6 nitrogen and oxygen atoms in total. The van der Waals surface area contributed by atoms with Gasteiger partial charge >= 0.3 is 0 Å². The van der Waals surface area contributed by atoms with Crippen molar-refractivity contribution in [1.29, 1.82) is 0 Å². The molecule has 0 fully saturated rings. The first-order valence-electron chi connectivity index (χ1n) is 7.35. The maximum atomic E-state index is 11.9. The molecule has 2 rings (SSSR count). The number of nitrogens with one attached hydrogen (secondary N) is 1. The molecule has 0 saturated heterocycles. The zero-order valence-corrected chi connectivity index (χ0v) is 13.8. The van der Waals surface area contributed by atoms with E-state index in [2.05, 4.69) is 5.32 Å². The molecule has 0 aromatic heterocycles. The van der Waals surface area contributed by atoms with Crippen LogP contribution in [0, 0.1) is 10.1 Å². The predicted molar refractivity (Wildman–Crippen MR) is 91.5 cm³/mol. The normalized spacial score (nSPS) is 11.6. The number of non-ortho nitro benzene ring substituents is 1. The lowest BCUT2D eigenvalue weighted by Crippen LogP contribution is -2.31. The first kappa shape index (κ1) is 17.7. The van der Waals surface area contributed by atoms with Gasteiger partial charge in [0.25, 0.3) is 11.6 Å². The van der Waals surface area contributed by atoms with Crippen LogP contribution in [0.5, 0.6) is 5.75 Å². The Hall–Kier alpha value is -2.60. The van der Waals surface area contributed by atoms with Crippen molar-refractivity contribution in [2.45, 2.75) is 12.8 Å². The van der Waals surface area contributed by atoms with Gasteiger partial charge in [-0.1, -0.05) is 48.9 Å². The van der Waals surface area contributed by atoms with E-state index in [1.54, 1.807) is 0 Å². The average Bonchev–Trinajstić information content (AvgIpc) is 2.59. The fourth-order valence-corrected chi connectivity index (χ4v) is 2.31. The molecule has 1 atom stereocenters. The number of nitro benzene ring substituents is 1. The van der Waals surface area contributed by atoms with Gasteiger partial charge in [-0.25, -0.2) is 0 Å². The number of nitrogens with zero attached hydrogens (tertiary/aromatic N) is 1. The third-order valence-corrected chi connectivity index (χ3v) is 3.75. The van der Waals surface area contributed by atoms with Crippen LogP contribution in [-0.4, -0.2) is 24.0 Å². The van der Waals surface area contributed by atoms with Crippen molar-refractivity contribution < 1.29 is 14.5 Å². The molecular weight excluding hydrogens is 332 g/mol. The molecule has 0 aliphatic rings. The molecule has 0 aliphatic carbocycles. The molecule has 1 amide bonds. The standard InChI is InChI=1S/C17H17ClN2O4/c1-12(13-5-3-2-4-6-13)10-19-17(21)11-24-16-8-7-14(20(22)23)9-15(16)18/h2-9,12H,10-11H2,1H3,(H,19,21). The highest BCUT2D eigenvalue weighted by atomic mass is 35.5. The molecular formula is C17H17ClN2O4. The van der Waals surface area contributed by atoms with Gasteiger partial charge in [0.05, 0.1) is 9.95 Å². The minimum atomic E-state index is -0.548. The number of hydrogen-bond donors (Lipinski definition) is 1. The Morgan fingerprint density at radius 2 is 2.00 bits per heavy atom. The summed E-state index contributed by atoms with van der Waals surface area (Å²) < 4.78 is 5.30. The summed E-state index contributed by atoms with van der Waals surface area (Å²) in [5.74, 6) is 0.124. The zero-order chi connectivity index (χ0) is 17.5.